The van der Waals surface area contributed by atoms with Gasteiger partial charge in [0.25, 0.3) is 10.0 Å². The van der Waals surface area contributed by atoms with Crippen LogP contribution in [0.15, 0.2) is 71.1 Å². The Morgan fingerprint density at radius 1 is 1.06 bits per heavy atom. The molecule has 6 nitrogen and oxygen atoms in total. The highest BCUT2D eigenvalue weighted by Crippen LogP contribution is 2.28. The largest absolute Gasteiger partial charge is 0.360 e. The first-order valence-corrected chi connectivity index (χ1v) is 13.0. The van der Waals surface area contributed by atoms with E-state index >= 15 is 0 Å². The second-order valence-electron chi connectivity index (χ2n) is 7.99. The highest BCUT2D eigenvalue weighted by molar-refractivity contribution is 7.91. The molecule has 1 atom stereocenters. The van der Waals surface area contributed by atoms with Crippen LogP contribution in [0.3, 0.4) is 0 Å². The van der Waals surface area contributed by atoms with Gasteiger partial charge in [-0.3, -0.25) is 10.1 Å². The number of para-hydroxylation sites is 1. The van der Waals surface area contributed by atoms with Gasteiger partial charge in [0.05, 0.1) is 6.04 Å². The van der Waals surface area contributed by atoms with Gasteiger partial charge >= 0.3 is 0 Å². The maximum absolute atomic E-state index is 13.7. The number of aromatic nitrogens is 1. The van der Waals surface area contributed by atoms with Crippen molar-refractivity contribution in [3.05, 3.63) is 88.4 Å². The van der Waals surface area contributed by atoms with Gasteiger partial charge in [-0.1, -0.05) is 55.5 Å². The van der Waals surface area contributed by atoms with Crippen LogP contribution < -0.4 is 5.32 Å². The van der Waals surface area contributed by atoms with Crippen molar-refractivity contribution in [2.24, 2.45) is 0 Å². The van der Waals surface area contributed by atoms with Crippen LogP contribution in [-0.4, -0.2) is 37.6 Å². The van der Waals surface area contributed by atoms with Crippen molar-refractivity contribution in [1.29, 1.82) is 0 Å². The topological polar surface area (TPSA) is 82.3 Å². The van der Waals surface area contributed by atoms with E-state index in [1.165, 1.54) is 35.3 Å². The Bertz CT molecular complexity index is 1370. The van der Waals surface area contributed by atoms with Crippen LogP contribution in [0.5, 0.6) is 0 Å². The summed E-state index contributed by atoms with van der Waals surface area (Å²) in [5.41, 5.74) is 3.67. The van der Waals surface area contributed by atoms with E-state index in [0.29, 0.717) is 12.1 Å². The standard InChI is InChI=1S/C25H27N3O3S2/c1-4-17-11-8-12-20-21(16-27-23(17)20)25(29)24(18-9-6-5-7-10-18)26-15-19-13-14-22(32-19)33(30,31)28(2)3/h5-14,16,24,26-27H,4,15H2,1-3H3. The zero-order valence-corrected chi connectivity index (χ0v) is 20.5. The number of sulfonamides is 1. The molecule has 0 aliphatic rings. The van der Waals surface area contributed by atoms with Crippen LogP contribution in [-0.2, 0) is 23.0 Å². The number of aryl methyl sites for hydroxylation is 1. The second-order valence-corrected chi connectivity index (χ2v) is 11.5. The molecule has 0 amide bonds. The molecule has 1 unspecified atom stereocenters. The van der Waals surface area contributed by atoms with Gasteiger partial charge in [0.2, 0.25) is 0 Å². The summed E-state index contributed by atoms with van der Waals surface area (Å²) in [5, 5.41) is 4.28. The molecule has 2 aromatic heterocycles. The molecular weight excluding hydrogens is 454 g/mol. The zero-order valence-electron chi connectivity index (χ0n) is 18.8. The quantitative estimate of drug-likeness (QED) is 0.338. The molecular formula is C25H27N3O3S2. The average molecular weight is 482 g/mol. The van der Waals surface area contributed by atoms with Gasteiger partial charge in [0.15, 0.2) is 5.78 Å². The molecule has 0 spiro atoms. The van der Waals surface area contributed by atoms with Crippen LogP contribution in [0.25, 0.3) is 10.9 Å². The molecule has 172 valence electrons. The lowest BCUT2D eigenvalue weighted by molar-refractivity contribution is 0.0944. The predicted molar refractivity (Wildman–Crippen MR) is 133 cm³/mol. The number of hydrogen-bond donors (Lipinski definition) is 2. The van der Waals surface area contributed by atoms with E-state index in [0.717, 1.165) is 27.8 Å². The summed E-state index contributed by atoms with van der Waals surface area (Å²) in [4.78, 5) is 17.8. The van der Waals surface area contributed by atoms with Crippen molar-refractivity contribution in [3.8, 4) is 0 Å². The van der Waals surface area contributed by atoms with E-state index in [9.17, 15) is 13.2 Å². The van der Waals surface area contributed by atoms with Crippen molar-refractivity contribution >= 4 is 38.0 Å². The number of benzene rings is 2. The first-order valence-electron chi connectivity index (χ1n) is 10.8. The lowest BCUT2D eigenvalue weighted by Gasteiger charge is -2.18. The van der Waals surface area contributed by atoms with Crippen LogP contribution in [0.1, 0.15) is 39.3 Å². The fourth-order valence-electron chi connectivity index (χ4n) is 3.85. The highest BCUT2D eigenvalue weighted by Gasteiger charge is 2.25. The van der Waals surface area contributed by atoms with Crippen LogP contribution >= 0.6 is 11.3 Å². The molecule has 2 N–H and O–H groups in total. The number of H-pyrrole nitrogens is 1. The Morgan fingerprint density at radius 2 is 1.82 bits per heavy atom. The summed E-state index contributed by atoms with van der Waals surface area (Å²) in [6, 6.07) is 18.5. The Hall–Kier alpha value is -2.78. The number of fused-ring (bicyclic) bond motifs is 1. The molecule has 0 bridgehead atoms. The summed E-state index contributed by atoms with van der Waals surface area (Å²) < 4.78 is 26.3. The third-order valence-corrected chi connectivity index (χ3v) is 9.06. The number of carbonyl (C=O) groups is 1. The van der Waals surface area contributed by atoms with E-state index in [2.05, 4.69) is 23.3 Å². The van der Waals surface area contributed by atoms with E-state index in [4.69, 9.17) is 0 Å². The van der Waals surface area contributed by atoms with Gasteiger partial charge in [-0.25, -0.2) is 12.7 Å². The van der Waals surface area contributed by atoms with E-state index in [-0.39, 0.29) is 9.99 Å². The van der Waals surface area contributed by atoms with Gasteiger partial charge in [-0.15, -0.1) is 11.3 Å². The number of ketones is 1. The molecule has 2 heterocycles. The van der Waals surface area contributed by atoms with Crippen LogP contribution in [0, 0.1) is 0 Å². The SMILES string of the molecule is CCc1cccc2c(C(=O)C(NCc3ccc(S(=O)(=O)N(C)C)s3)c3ccccc3)c[nH]c12. The number of Topliss-reactive ketones (excluding diaryl/α,β-unsaturated/α-hetero) is 1. The summed E-state index contributed by atoms with van der Waals surface area (Å²) in [6.07, 6.45) is 2.67. The molecule has 0 fully saturated rings. The van der Waals surface area contributed by atoms with E-state index < -0.39 is 16.1 Å². The number of hydrogen-bond acceptors (Lipinski definition) is 5. The van der Waals surface area contributed by atoms with Crippen molar-refractivity contribution in [2.45, 2.75) is 30.1 Å². The number of rotatable bonds is 9. The Morgan fingerprint density at radius 3 is 2.52 bits per heavy atom. The Kier molecular flexibility index (Phi) is 6.81. The lowest BCUT2D eigenvalue weighted by atomic mass is 9.96. The monoisotopic (exact) mass is 481 g/mol. The second kappa shape index (κ2) is 9.61. The van der Waals surface area contributed by atoms with Gasteiger partial charge in [-0.05, 0) is 29.7 Å². The number of thiophene rings is 1. The number of aromatic amines is 1. The average Bonchev–Trinajstić information content (AvgIpc) is 3.47. The molecule has 4 aromatic rings. The van der Waals surface area contributed by atoms with E-state index in [1.54, 1.807) is 18.3 Å². The van der Waals surface area contributed by atoms with Crippen LogP contribution in [0.2, 0.25) is 0 Å². The minimum atomic E-state index is -3.48. The van der Waals surface area contributed by atoms with Crippen LogP contribution in [0.4, 0.5) is 0 Å². The predicted octanol–water partition coefficient (Wildman–Crippen LogP) is 4.76. The highest BCUT2D eigenvalue weighted by atomic mass is 32.2. The number of nitrogens with one attached hydrogen (secondary N) is 2. The minimum absolute atomic E-state index is 0.0293. The van der Waals surface area contributed by atoms with Crippen molar-refractivity contribution in [1.82, 2.24) is 14.6 Å². The summed E-state index contributed by atoms with van der Waals surface area (Å²) in [7, 11) is -0.444. The molecule has 4 rings (SSSR count). The van der Waals surface area contributed by atoms with Gasteiger partial charge in [-0.2, -0.15) is 0 Å². The van der Waals surface area contributed by atoms with Crippen molar-refractivity contribution < 1.29 is 13.2 Å². The number of carbonyl (C=O) groups excluding carboxylic acids is 1. The van der Waals surface area contributed by atoms with E-state index in [1.807, 2.05) is 42.5 Å². The molecule has 0 aliphatic carbocycles. The van der Waals surface area contributed by atoms with Crippen molar-refractivity contribution in [3.63, 3.8) is 0 Å². The fourth-order valence-corrected chi connectivity index (χ4v) is 6.33. The summed E-state index contributed by atoms with van der Waals surface area (Å²) >= 11 is 1.21. The zero-order chi connectivity index (χ0) is 23.6. The molecule has 8 heteroatoms. The summed E-state index contributed by atoms with van der Waals surface area (Å²) in [6.45, 7) is 2.47. The molecule has 0 saturated carbocycles. The molecule has 2 aromatic carbocycles. The van der Waals surface area contributed by atoms with Gasteiger partial charge < -0.3 is 4.98 Å². The van der Waals surface area contributed by atoms with Gasteiger partial charge in [0, 0.05) is 48.2 Å². The molecule has 0 saturated heterocycles. The molecule has 0 aliphatic heterocycles. The third kappa shape index (κ3) is 4.65. The normalized spacial score (nSPS) is 13.0. The third-order valence-electron chi connectivity index (χ3n) is 5.70. The summed E-state index contributed by atoms with van der Waals surface area (Å²) in [5.74, 6) is -0.0293. The smallest absolute Gasteiger partial charge is 0.252 e. The van der Waals surface area contributed by atoms with Gasteiger partial charge in [0.1, 0.15) is 4.21 Å². The number of nitrogens with zero attached hydrogens (tertiary/aromatic N) is 1. The first kappa shape index (κ1) is 23.4. The Balaban J connectivity index is 1.64. The lowest BCUT2D eigenvalue weighted by Crippen LogP contribution is -2.28. The Labute approximate surface area is 198 Å². The molecule has 0 radical (unpaired) electrons. The minimum Gasteiger partial charge on any atom is -0.360 e. The maximum atomic E-state index is 13.7. The fraction of sp³-hybridized carbons (Fsp3) is 0.240. The molecule has 33 heavy (non-hydrogen) atoms. The maximum Gasteiger partial charge on any atom is 0.252 e. The first-order chi connectivity index (χ1) is 15.8. The van der Waals surface area contributed by atoms with Crippen molar-refractivity contribution in [2.75, 3.05) is 14.1 Å².